The Morgan fingerprint density at radius 1 is 1.14 bits per heavy atom. The van der Waals surface area contributed by atoms with E-state index in [0.717, 1.165) is 12.8 Å². The Bertz CT molecular complexity index is 616. The van der Waals surface area contributed by atoms with Crippen molar-refractivity contribution >= 4 is 16.0 Å². The zero-order valence-electron chi connectivity index (χ0n) is 12.6. The van der Waals surface area contributed by atoms with E-state index in [9.17, 15) is 13.2 Å². The number of carbonyl (C=O) groups is 1. The summed E-state index contributed by atoms with van der Waals surface area (Å²) in [6.07, 6.45) is 1.55. The molecule has 1 heterocycles. The second kappa shape index (κ2) is 6.15. The average Bonchev–Trinajstić information content (AvgIpc) is 3.21. The van der Waals surface area contributed by atoms with Gasteiger partial charge in [-0.1, -0.05) is 26.0 Å². The molecule has 1 aliphatic rings. The highest BCUT2D eigenvalue weighted by molar-refractivity contribution is 7.89. The molecule has 1 aromatic rings. The maximum Gasteiger partial charge on any atom is 0.339 e. The summed E-state index contributed by atoms with van der Waals surface area (Å²) >= 11 is 0. The first-order chi connectivity index (χ1) is 9.98. The van der Waals surface area contributed by atoms with Crippen molar-refractivity contribution in [3.05, 3.63) is 29.8 Å². The van der Waals surface area contributed by atoms with Crippen molar-refractivity contribution in [2.45, 2.75) is 50.6 Å². The van der Waals surface area contributed by atoms with Crippen LogP contribution in [0.4, 0.5) is 0 Å². The van der Waals surface area contributed by atoms with Crippen LogP contribution in [0.25, 0.3) is 0 Å². The number of rotatable bonds is 6. The van der Waals surface area contributed by atoms with Crippen molar-refractivity contribution in [2.24, 2.45) is 0 Å². The second-order valence-corrected chi connectivity index (χ2v) is 6.81. The number of sulfonamides is 1. The molecule has 1 aliphatic heterocycles. The Balaban J connectivity index is 2.40. The molecule has 0 radical (unpaired) electrons. The molecule has 1 saturated heterocycles. The van der Waals surface area contributed by atoms with Gasteiger partial charge in [0.05, 0.1) is 17.1 Å². The summed E-state index contributed by atoms with van der Waals surface area (Å²) in [5.41, 5.74) is 0.107. The highest BCUT2D eigenvalue weighted by Gasteiger charge is 2.53. The maximum absolute atomic E-state index is 12.8. The molecule has 0 aromatic heterocycles. The van der Waals surface area contributed by atoms with Crippen molar-refractivity contribution in [3.8, 4) is 0 Å². The normalized spacial score (nSPS) is 24.6. The topological polar surface area (TPSA) is 63.5 Å². The molecule has 0 aliphatic carbocycles. The lowest BCUT2D eigenvalue weighted by Crippen LogP contribution is -2.20. The molecule has 6 heteroatoms. The van der Waals surface area contributed by atoms with Crippen LogP contribution in [0.2, 0.25) is 0 Å². The van der Waals surface area contributed by atoms with Gasteiger partial charge in [-0.05, 0) is 31.9 Å². The third kappa shape index (κ3) is 2.82. The minimum atomic E-state index is -3.65. The summed E-state index contributed by atoms with van der Waals surface area (Å²) in [5.74, 6) is -0.598. The van der Waals surface area contributed by atoms with Crippen LogP contribution in [-0.4, -0.2) is 37.4 Å². The summed E-state index contributed by atoms with van der Waals surface area (Å²) in [6, 6.07) is 6.31. The Morgan fingerprint density at radius 2 is 1.71 bits per heavy atom. The fourth-order valence-corrected chi connectivity index (χ4v) is 4.90. The van der Waals surface area contributed by atoms with Gasteiger partial charge in [-0.3, -0.25) is 0 Å². The molecule has 0 saturated carbocycles. The monoisotopic (exact) mass is 311 g/mol. The lowest BCUT2D eigenvalue weighted by Gasteiger charge is -2.11. The summed E-state index contributed by atoms with van der Waals surface area (Å²) in [7, 11) is -3.65. The number of esters is 1. The minimum Gasteiger partial charge on any atom is -0.462 e. The van der Waals surface area contributed by atoms with Crippen LogP contribution in [-0.2, 0) is 14.8 Å². The fourth-order valence-electron chi connectivity index (χ4n) is 2.75. The summed E-state index contributed by atoms with van der Waals surface area (Å²) in [6.45, 7) is 5.85. The second-order valence-electron chi connectivity index (χ2n) is 5.00. The highest BCUT2D eigenvalue weighted by Crippen LogP contribution is 2.40. The van der Waals surface area contributed by atoms with E-state index in [1.165, 1.54) is 16.4 Å². The zero-order valence-corrected chi connectivity index (χ0v) is 13.4. The fraction of sp³-hybridized carbons (Fsp3) is 0.533. The number of benzene rings is 1. The number of ether oxygens (including phenoxy) is 1. The van der Waals surface area contributed by atoms with Crippen LogP contribution in [0.5, 0.6) is 0 Å². The first kappa shape index (κ1) is 16.0. The van der Waals surface area contributed by atoms with E-state index >= 15 is 0 Å². The Hall–Kier alpha value is -1.40. The van der Waals surface area contributed by atoms with Crippen LogP contribution in [0.1, 0.15) is 44.0 Å². The third-order valence-corrected chi connectivity index (χ3v) is 5.79. The lowest BCUT2D eigenvalue weighted by atomic mass is 10.2. The van der Waals surface area contributed by atoms with Gasteiger partial charge in [0.15, 0.2) is 0 Å². The zero-order chi connectivity index (χ0) is 15.6. The molecule has 0 bridgehead atoms. The molecular formula is C15H21NO4S. The molecule has 0 unspecified atom stereocenters. The predicted octanol–water partition coefficient (Wildman–Crippen LogP) is 2.42. The molecule has 1 fully saturated rings. The van der Waals surface area contributed by atoms with Crippen LogP contribution < -0.4 is 0 Å². The smallest absolute Gasteiger partial charge is 0.339 e. The van der Waals surface area contributed by atoms with Crippen LogP contribution in [0, 0.1) is 0 Å². The minimum absolute atomic E-state index is 0.0373. The van der Waals surface area contributed by atoms with E-state index in [2.05, 4.69) is 0 Å². The molecule has 116 valence electrons. The number of nitrogens with zero attached hydrogens (tertiary/aromatic N) is 1. The quantitative estimate of drug-likeness (QED) is 0.598. The lowest BCUT2D eigenvalue weighted by molar-refractivity contribution is 0.0521. The van der Waals surface area contributed by atoms with Gasteiger partial charge in [0.2, 0.25) is 10.0 Å². The SMILES string of the molecule is CCOC(=O)c1ccccc1S(=O)(=O)N1[C@H](CC)[C@H]1CC. The standard InChI is InChI=1S/C15H21NO4S/c1-4-12-13(5-2)16(12)21(18,19)14-10-8-7-9-11(14)15(17)20-6-3/h7-10,12-13H,4-6H2,1-3H3/t12-,13-/m1/s1. The first-order valence-electron chi connectivity index (χ1n) is 7.28. The van der Waals surface area contributed by atoms with Crippen LogP contribution >= 0.6 is 0 Å². The van der Waals surface area contributed by atoms with Gasteiger partial charge in [0.25, 0.3) is 0 Å². The van der Waals surface area contributed by atoms with E-state index in [4.69, 9.17) is 4.74 Å². The van der Waals surface area contributed by atoms with Crippen molar-refractivity contribution in [1.82, 2.24) is 4.31 Å². The van der Waals surface area contributed by atoms with Gasteiger partial charge in [-0.25, -0.2) is 13.2 Å². The number of hydrogen-bond donors (Lipinski definition) is 0. The largest absolute Gasteiger partial charge is 0.462 e. The van der Waals surface area contributed by atoms with Gasteiger partial charge < -0.3 is 4.74 Å². The van der Waals surface area contributed by atoms with E-state index in [0.29, 0.717) is 0 Å². The van der Waals surface area contributed by atoms with Gasteiger partial charge in [-0.2, -0.15) is 4.31 Å². The van der Waals surface area contributed by atoms with E-state index in [1.807, 2.05) is 13.8 Å². The van der Waals surface area contributed by atoms with E-state index in [-0.39, 0.29) is 29.1 Å². The number of carbonyl (C=O) groups excluding carboxylic acids is 1. The van der Waals surface area contributed by atoms with Gasteiger partial charge >= 0.3 is 5.97 Å². The molecule has 0 amide bonds. The van der Waals surface area contributed by atoms with Crippen molar-refractivity contribution in [1.29, 1.82) is 0 Å². The molecule has 0 N–H and O–H groups in total. The predicted molar refractivity (Wildman–Crippen MR) is 79.6 cm³/mol. The van der Waals surface area contributed by atoms with E-state index < -0.39 is 16.0 Å². The maximum atomic E-state index is 12.8. The Labute approximate surface area is 126 Å². The summed E-state index contributed by atoms with van der Waals surface area (Å²) < 4.78 is 32.0. The Kier molecular flexibility index (Phi) is 4.68. The molecule has 21 heavy (non-hydrogen) atoms. The summed E-state index contributed by atoms with van der Waals surface area (Å²) in [4.78, 5) is 12.0. The molecule has 0 spiro atoms. The van der Waals surface area contributed by atoms with Crippen molar-refractivity contribution in [3.63, 3.8) is 0 Å². The number of hydrogen-bond acceptors (Lipinski definition) is 4. The van der Waals surface area contributed by atoms with Crippen LogP contribution in [0.15, 0.2) is 29.2 Å². The molecule has 2 rings (SSSR count). The van der Waals surface area contributed by atoms with E-state index in [1.54, 1.807) is 19.1 Å². The van der Waals surface area contributed by atoms with Crippen molar-refractivity contribution in [2.75, 3.05) is 6.61 Å². The molecule has 5 nitrogen and oxygen atoms in total. The van der Waals surface area contributed by atoms with Gasteiger partial charge in [0.1, 0.15) is 0 Å². The summed E-state index contributed by atoms with van der Waals surface area (Å²) in [5, 5.41) is 0. The van der Waals surface area contributed by atoms with Crippen molar-refractivity contribution < 1.29 is 17.9 Å². The van der Waals surface area contributed by atoms with Gasteiger partial charge in [0, 0.05) is 12.1 Å². The average molecular weight is 311 g/mol. The Morgan fingerprint density at radius 3 is 2.24 bits per heavy atom. The van der Waals surface area contributed by atoms with Gasteiger partial charge in [-0.15, -0.1) is 0 Å². The first-order valence-corrected chi connectivity index (χ1v) is 8.72. The molecule has 2 atom stereocenters. The molecule has 1 aromatic carbocycles. The third-order valence-electron chi connectivity index (χ3n) is 3.78. The van der Waals surface area contributed by atoms with Crippen LogP contribution in [0.3, 0.4) is 0 Å². The highest BCUT2D eigenvalue weighted by atomic mass is 32.2. The molecular weight excluding hydrogens is 290 g/mol.